The maximum atomic E-state index is 13.9. The quantitative estimate of drug-likeness (QED) is 0.0242. The van der Waals surface area contributed by atoms with Crippen molar-refractivity contribution >= 4 is 24.1 Å². The molecule has 0 amide bonds. The van der Waals surface area contributed by atoms with Crippen LogP contribution in [-0.2, 0) is 28.5 Å². The molecule has 29 nitrogen and oxygen atoms in total. The minimum absolute atomic E-state index is 0.0439. The van der Waals surface area contributed by atoms with Gasteiger partial charge in [-0.2, -0.15) is 0 Å². The van der Waals surface area contributed by atoms with Crippen LogP contribution in [0.5, 0.6) is 57.5 Å². The van der Waals surface area contributed by atoms with E-state index < -0.39 is 147 Å². The van der Waals surface area contributed by atoms with Crippen molar-refractivity contribution in [2.45, 2.75) is 92.1 Å². The van der Waals surface area contributed by atoms with E-state index in [-0.39, 0.29) is 62.9 Å². The first-order chi connectivity index (χ1) is 40.1. The Balaban J connectivity index is 1.04. The number of methoxy groups -OCH3 is 4. The first kappa shape index (κ1) is 62.0. The molecule has 0 aromatic heterocycles. The number of aliphatic hydroxyl groups is 10. The summed E-state index contributed by atoms with van der Waals surface area (Å²) in [5.74, 6) is -4.57. The molecule has 4 heterocycles. The molecule has 3 saturated heterocycles. The highest BCUT2D eigenvalue weighted by atomic mass is 16.7. The van der Waals surface area contributed by atoms with E-state index in [4.69, 9.17) is 61.3 Å². The summed E-state index contributed by atoms with van der Waals surface area (Å²) in [6.07, 6.45) is -22.6. The number of aromatic hydroxyl groups is 3. The average molecular weight is 1190 g/mol. The van der Waals surface area contributed by atoms with Gasteiger partial charge in [0, 0.05) is 23.8 Å². The van der Waals surface area contributed by atoms with Crippen molar-refractivity contribution < 1.29 is 137 Å². The Labute approximate surface area is 474 Å². The lowest BCUT2D eigenvalue weighted by Gasteiger charge is -2.40. The summed E-state index contributed by atoms with van der Waals surface area (Å²) in [5.41, 5.74) is -0.460. The molecule has 8 rings (SSSR count). The number of hydrogen-bond acceptors (Lipinski definition) is 28. The number of rotatable bonds is 20. The number of phenols is 3. The maximum absolute atomic E-state index is 13.9. The summed E-state index contributed by atoms with van der Waals surface area (Å²) in [6.45, 7) is -2.20. The van der Waals surface area contributed by atoms with Crippen LogP contribution in [0.15, 0.2) is 82.0 Å². The number of fused-ring (bicyclic) bond motifs is 1. The molecule has 4 aliphatic heterocycles. The third kappa shape index (κ3) is 13.5. The topological polar surface area (TPSA) is 442 Å². The van der Waals surface area contributed by atoms with Gasteiger partial charge >= 0.3 is 11.9 Å². The lowest BCUT2D eigenvalue weighted by atomic mass is 9.99. The lowest BCUT2D eigenvalue weighted by Crippen LogP contribution is -2.60. The molecular formula is C55H61O29+. The minimum Gasteiger partial charge on any atom is -0.504 e. The minimum atomic E-state index is -2.02. The largest absolute Gasteiger partial charge is 0.510 e. The number of esters is 2. The van der Waals surface area contributed by atoms with E-state index in [9.17, 15) is 80.8 Å². The number of ether oxygens (including phenoxy) is 12. The zero-order valence-corrected chi connectivity index (χ0v) is 44.7. The van der Waals surface area contributed by atoms with Crippen molar-refractivity contribution in [3.8, 4) is 80.1 Å². The lowest BCUT2D eigenvalue weighted by molar-refractivity contribution is -0.278. The number of aliphatic hydroxyl groups excluding tert-OH is 10. The van der Waals surface area contributed by atoms with Gasteiger partial charge in [0.25, 0.3) is 0 Å². The highest BCUT2D eigenvalue weighted by Crippen LogP contribution is 2.44. The van der Waals surface area contributed by atoms with Crippen LogP contribution in [0.2, 0.25) is 0 Å². The molecule has 3 fully saturated rings. The summed E-state index contributed by atoms with van der Waals surface area (Å²) in [6, 6.07) is 12.2. The first-order valence-electron chi connectivity index (χ1n) is 25.3. The second kappa shape index (κ2) is 26.7. The number of carbonyl (C=O) groups excluding carboxylic acids is 2. The Kier molecular flexibility index (Phi) is 19.7. The van der Waals surface area contributed by atoms with Crippen LogP contribution < -0.4 is 38.6 Å². The second-order valence-corrected chi connectivity index (χ2v) is 19.0. The molecule has 0 spiro atoms. The van der Waals surface area contributed by atoms with Crippen molar-refractivity contribution in [2.75, 3.05) is 48.3 Å². The van der Waals surface area contributed by atoms with Gasteiger partial charge in [-0.25, -0.2) is 4.79 Å². The van der Waals surface area contributed by atoms with Crippen LogP contribution >= 0.6 is 0 Å². The van der Waals surface area contributed by atoms with Gasteiger partial charge in [-0.3, -0.25) is 4.79 Å². The fraction of sp³-hybridized carbons (Fsp3) is 0.400. The smallest absolute Gasteiger partial charge is 0.504 e. The summed E-state index contributed by atoms with van der Waals surface area (Å²) in [7, 11) is 5.26. The fourth-order valence-corrected chi connectivity index (χ4v) is 8.90. The molecule has 5 aliphatic rings. The molecule has 3 aromatic rings. The van der Waals surface area contributed by atoms with Crippen LogP contribution in [-0.4, -0.2) is 223 Å². The van der Waals surface area contributed by atoms with Gasteiger partial charge in [-0.1, -0.05) is 0 Å². The monoisotopic (exact) mass is 1190 g/mol. The van der Waals surface area contributed by atoms with Gasteiger partial charge in [0.2, 0.25) is 37.0 Å². The standard InChI is InChI=1S/C55H60O29/c1-72-31-11-22(12-32(73-2)41(31)61)5-9-39(59)76-20-37-44(64)47(67)49(69)53(83-37)78-25-16-28(58)26-18-35(81-55-50(70)46(66)43(63)36(19-56)82-55)52(79-29(26)17-25)24-7-8-27(57)30(15-24)80-54-51(71)48(68)45(65)38(84-54)21-77-40(60)10-6-23-13-33(74-3)42(62)34(14-23)75-4/h5-18,36-38,43-51,53-57,61-71H,19-21H2,1-4H3/p+1/t36-,37-,38-,43-,44-,45-,46+,47+,48+,49-,50-,51-,53-,54-,55-/m1/s1. The Morgan fingerprint density at radius 1 is 0.536 bits per heavy atom. The van der Waals surface area contributed by atoms with Crippen molar-refractivity contribution in [1.82, 2.24) is 0 Å². The van der Waals surface area contributed by atoms with Crippen molar-refractivity contribution in [2.24, 2.45) is 0 Å². The van der Waals surface area contributed by atoms with Crippen LogP contribution in [0.25, 0.3) is 34.8 Å². The highest BCUT2D eigenvalue weighted by Gasteiger charge is 2.49. The van der Waals surface area contributed by atoms with Crippen molar-refractivity contribution in [3.05, 3.63) is 94.2 Å². The molecule has 0 radical (unpaired) electrons. The molecule has 3 aromatic carbocycles. The van der Waals surface area contributed by atoms with Crippen molar-refractivity contribution in [1.29, 1.82) is 0 Å². The van der Waals surface area contributed by atoms with Gasteiger partial charge in [-0.05, 0) is 71.8 Å². The molecule has 0 unspecified atom stereocenters. The maximum Gasteiger partial charge on any atom is 0.510 e. The molecular weight excluding hydrogens is 1120 g/mol. The van der Waals surface area contributed by atoms with E-state index >= 15 is 0 Å². The number of phenolic OH excluding ortho intramolecular Hbond substituents is 3. The van der Waals surface area contributed by atoms with E-state index in [1.807, 2.05) is 0 Å². The molecule has 84 heavy (non-hydrogen) atoms. The molecule has 15 atom stereocenters. The Morgan fingerprint density at radius 3 is 1.51 bits per heavy atom. The SMILES string of the molecule is COc1cc(C=CC(=O)OC[C@H]2O[C@@H](Oc3cc(-c4oc5cc(O[C@@H]6O[C@H](COC(=[OH+])C=Cc7cc(OC)c(O)c(OC)c7)[C@@H](O)[C@H](O)[C@H]6O)cc(=O)c-5cc4O[C@@H]4O[C@H](CO)[C@@H](O)[C@H](O)[C@H]4O)ccc3O)[C@H](O)[C@@H](O)[C@@H]2O)cc(OC)c1O. The van der Waals surface area contributed by atoms with E-state index in [2.05, 4.69) is 0 Å². The number of hydrogen-bond donors (Lipinski definition) is 13. The van der Waals surface area contributed by atoms with Crippen molar-refractivity contribution in [3.63, 3.8) is 0 Å². The van der Waals surface area contributed by atoms with E-state index in [1.54, 1.807) is 0 Å². The second-order valence-electron chi connectivity index (χ2n) is 19.0. The summed E-state index contributed by atoms with van der Waals surface area (Å²) >= 11 is 0. The third-order valence-corrected chi connectivity index (χ3v) is 13.6. The van der Waals surface area contributed by atoms with Gasteiger partial charge < -0.3 is 132 Å². The van der Waals surface area contributed by atoms with E-state index in [1.165, 1.54) is 70.9 Å². The van der Waals surface area contributed by atoms with Gasteiger partial charge in [0.05, 0.1) is 46.7 Å². The number of carbonyl (C=O) groups is 1. The van der Waals surface area contributed by atoms with Crippen LogP contribution in [0.3, 0.4) is 0 Å². The molecule has 14 N–H and O–H groups in total. The molecule has 0 saturated carbocycles. The Bertz CT molecular complexity index is 3160. The number of benzene rings is 4. The molecule has 0 bridgehead atoms. The predicted molar refractivity (Wildman–Crippen MR) is 282 cm³/mol. The van der Waals surface area contributed by atoms with Crippen LogP contribution in [0.1, 0.15) is 11.1 Å². The average Bonchev–Trinajstić information content (AvgIpc) is 2.20. The van der Waals surface area contributed by atoms with Crippen LogP contribution in [0.4, 0.5) is 0 Å². The molecule has 1 aliphatic carbocycles. The zero-order chi connectivity index (χ0) is 60.8. The predicted octanol–water partition coefficient (Wildman–Crippen LogP) is -1.40. The zero-order valence-electron chi connectivity index (χ0n) is 44.7. The fourth-order valence-electron chi connectivity index (χ4n) is 8.90. The van der Waals surface area contributed by atoms with Gasteiger partial charge in [-0.15, -0.1) is 0 Å². The van der Waals surface area contributed by atoms with Gasteiger partial charge in [0.1, 0.15) is 85.3 Å². The highest BCUT2D eigenvalue weighted by molar-refractivity contribution is 5.88. The van der Waals surface area contributed by atoms with E-state index in [0.717, 1.165) is 42.5 Å². The molecule has 29 heteroatoms. The summed E-state index contributed by atoms with van der Waals surface area (Å²) in [4.78, 5) is 37.2. The van der Waals surface area contributed by atoms with Crippen LogP contribution in [0, 0.1) is 0 Å². The summed E-state index contributed by atoms with van der Waals surface area (Å²) in [5, 5.41) is 139. The Hall–Kier alpha value is -8.01. The normalized spacial score (nSPS) is 28.0. The Morgan fingerprint density at radius 2 is 1.00 bits per heavy atom. The van der Waals surface area contributed by atoms with E-state index in [0.29, 0.717) is 11.1 Å². The summed E-state index contributed by atoms with van der Waals surface area (Å²) < 4.78 is 72.1. The molecule has 454 valence electrons. The van der Waals surface area contributed by atoms with Gasteiger partial charge in [0.15, 0.2) is 57.5 Å². The third-order valence-electron chi connectivity index (χ3n) is 13.6. The first-order valence-corrected chi connectivity index (χ1v) is 25.3.